The van der Waals surface area contributed by atoms with Crippen LogP contribution in [-0.2, 0) is 10.9 Å². The van der Waals surface area contributed by atoms with Crippen molar-refractivity contribution in [1.82, 2.24) is 20.2 Å². The fourth-order valence-corrected chi connectivity index (χ4v) is 5.74. The molecule has 0 aromatic carbocycles. The van der Waals surface area contributed by atoms with Gasteiger partial charge in [-0.15, -0.1) is 0 Å². The highest BCUT2D eigenvalue weighted by Crippen LogP contribution is 2.45. The fourth-order valence-electron chi connectivity index (χ4n) is 5.74. The van der Waals surface area contributed by atoms with Crippen LogP contribution in [0.2, 0.25) is 0 Å². The SMILES string of the molecule is C=C/C(=C\C=C/C)[C@]1(N(C)CC2CCOC2)CC[C@@]2(CC1)CN(c1cnc(C(F)(F)F)nc1)C(=O)N2. The molecular weight excluding hydrogens is 471 g/mol. The molecule has 2 saturated heterocycles. The summed E-state index contributed by atoms with van der Waals surface area (Å²) in [6.07, 6.45) is 9.69. The normalized spacial score (nSPS) is 29.5. The van der Waals surface area contributed by atoms with Gasteiger partial charge < -0.3 is 10.1 Å². The van der Waals surface area contributed by atoms with E-state index in [9.17, 15) is 18.0 Å². The van der Waals surface area contributed by atoms with Crippen LogP contribution in [-0.4, -0.2) is 65.3 Å². The molecule has 10 heteroatoms. The van der Waals surface area contributed by atoms with Crippen molar-refractivity contribution in [3.8, 4) is 0 Å². The van der Waals surface area contributed by atoms with E-state index in [0.29, 0.717) is 12.5 Å². The lowest BCUT2D eigenvalue weighted by molar-refractivity contribution is -0.144. The van der Waals surface area contributed by atoms with Gasteiger partial charge >= 0.3 is 12.2 Å². The number of alkyl halides is 3. The van der Waals surface area contributed by atoms with E-state index in [4.69, 9.17) is 4.74 Å². The predicted octanol–water partition coefficient (Wildman–Crippen LogP) is 4.73. The Balaban J connectivity index is 1.53. The molecule has 7 nitrogen and oxygen atoms in total. The Morgan fingerprint density at radius 1 is 1.31 bits per heavy atom. The number of nitrogens with zero attached hydrogens (tertiary/aromatic N) is 4. The monoisotopic (exact) mass is 505 g/mol. The number of anilines is 1. The molecule has 1 aromatic heterocycles. The third kappa shape index (κ3) is 5.20. The van der Waals surface area contributed by atoms with Gasteiger partial charge in [0, 0.05) is 18.7 Å². The van der Waals surface area contributed by atoms with Gasteiger partial charge in [0.2, 0.25) is 5.82 Å². The number of ether oxygens (including phenoxy) is 1. The Labute approximate surface area is 210 Å². The number of aromatic nitrogens is 2. The van der Waals surface area contributed by atoms with Crippen LogP contribution < -0.4 is 10.2 Å². The van der Waals surface area contributed by atoms with Crippen LogP contribution in [0.3, 0.4) is 0 Å². The van der Waals surface area contributed by atoms with Gasteiger partial charge in [-0.1, -0.05) is 30.9 Å². The number of rotatable bonds is 7. The Morgan fingerprint density at radius 3 is 2.56 bits per heavy atom. The second-order valence-electron chi connectivity index (χ2n) is 10.1. The maximum atomic E-state index is 12.9. The summed E-state index contributed by atoms with van der Waals surface area (Å²) < 4.78 is 44.2. The molecule has 1 unspecified atom stereocenters. The lowest BCUT2D eigenvalue weighted by Gasteiger charge is -2.50. The number of hydrogen-bond acceptors (Lipinski definition) is 5. The molecule has 3 aliphatic rings. The van der Waals surface area contributed by atoms with Crippen LogP contribution in [0.25, 0.3) is 0 Å². The van der Waals surface area contributed by atoms with Crippen LogP contribution >= 0.6 is 0 Å². The van der Waals surface area contributed by atoms with E-state index in [1.54, 1.807) is 0 Å². The molecule has 3 fully saturated rings. The first-order valence-corrected chi connectivity index (χ1v) is 12.4. The Bertz CT molecular complexity index is 1010. The first-order valence-electron chi connectivity index (χ1n) is 12.4. The van der Waals surface area contributed by atoms with Gasteiger partial charge in [-0.05, 0) is 57.6 Å². The predicted molar refractivity (Wildman–Crippen MR) is 131 cm³/mol. The van der Waals surface area contributed by atoms with Crippen LogP contribution in [0.15, 0.2) is 48.8 Å². The molecule has 2 amide bonds. The van der Waals surface area contributed by atoms with E-state index < -0.39 is 17.5 Å². The quantitative estimate of drug-likeness (QED) is 0.543. The summed E-state index contributed by atoms with van der Waals surface area (Å²) in [5, 5.41) is 3.12. The Kier molecular flexibility index (Phi) is 7.56. The van der Waals surface area contributed by atoms with E-state index >= 15 is 0 Å². The number of carbonyl (C=O) groups is 1. The molecule has 1 aliphatic carbocycles. The number of urea groups is 1. The molecule has 1 saturated carbocycles. The third-order valence-corrected chi connectivity index (χ3v) is 7.83. The van der Waals surface area contributed by atoms with Crippen molar-refractivity contribution in [2.45, 2.75) is 56.3 Å². The van der Waals surface area contributed by atoms with E-state index in [0.717, 1.165) is 69.8 Å². The number of carbonyl (C=O) groups excluding carboxylic acids is 1. The molecule has 0 radical (unpaired) electrons. The van der Waals surface area contributed by atoms with Crippen LogP contribution in [0.4, 0.5) is 23.7 Å². The number of hydrogen-bond donors (Lipinski definition) is 1. The number of halogens is 3. The lowest BCUT2D eigenvalue weighted by Crippen LogP contribution is -2.57. The Morgan fingerprint density at radius 2 is 2.00 bits per heavy atom. The summed E-state index contributed by atoms with van der Waals surface area (Å²) in [5.74, 6) is -0.736. The molecule has 2 aliphatic heterocycles. The van der Waals surface area contributed by atoms with Gasteiger partial charge in [0.1, 0.15) is 0 Å². The van der Waals surface area contributed by atoms with Crippen molar-refractivity contribution in [3.63, 3.8) is 0 Å². The van der Waals surface area contributed by atoms with Crippen molar-refractivity contribution in [2.24, 2.45) is 5.92 Å². The zero-order valence-corrected chi connectivity index (χ0v) is 20.9. The van der Waals surface area contributed by atoms with E-state index in [1.165, 1.54) is 4.90 Å². The van der Waals surface area contributed by atoms with Crippen molar-refractivity contribution >= 4 is 11.7 Å². The van der Waals surface area contributed by atoms with Crippen LogP contribution in [0.5, 0.6) is 0 Å². The highest BCUT2D eigenvalue weighted by Gasteiger charge is 2.51. The lowest BCUT2D eigenvalue weighted by atomic mass is 9.68. The first-order chi connectivity index (χ1) is 17.1. The summed E-state index contributed by atoms with van der Waals surface area (Å²) >= 11 is 0. The number of allylic oxidation sites excluding steroid dienone is 3. The van der Waals surface area contributed by atoms with Gasteiger partial charge in [0.05, 0.1) is 36.8 Å². The highest BCUT2D eigenvalue weighted by atomic mass is 19.4. The minimum Gasteiger partial charge on any atom is -0.381 e. The second-order valence-corrected chi connectivity index (χ2v) is 10.1. The third-order valence-electron chi connectivity index (χ3n) is 7.83. The van der Waals surface area contributed by atoms with Gasteiger partial charge in [-0.3, -0.25) is 9.80 Å². The molecule has 0 bridgehead atoms. The molecule has 1 N–H and O–H groups in total. The zero-order chi connectivity index (χ0) is 26.0. The molecule has 3 heterocycles. The zero-order valence-electron chi connectivity index (χ0n) is 20.9. The number of nitrogens with one attached hydrogen (secondary N) is 1. The van der Waals surface area contributed by atoms with Crippen molar-refractivity contribution < 1.29 is 22.7 Å². The van der Waals surface area contributed by atoms with Gasteiger partial charge in [-0.25, -0.2) is 14.8 Å². The maximum absolute atomic E-state index is 12.9. The van der Waals surface area contributed by atoms with E-state index in [-0.39, 0.29) is 17.3 Å². The minimum atomic E-state index is -4.63. The average Bonchev–Trinajstić information content (AvgIpc) is 3.48. The van der Waals surface area contributed by atoms with Crippen molar-refractivity contribution in [1.29, 1.82) is 0 Å². The van der Waals surface area contributed by atoms with Gasteiger partial charge in [0.15, 0.2) is 0 Å². The van der Waals surface area contributed by atoms with E-state index in [2.05, 4.69) is 39.9 Å². The second kappa shape index (κ2) is 10.3. The minimum absolute atomic E-state index is 0.231. The highest BCUT2D eigenvalue weighted by molar-refractivity contribution is 5.95. The number of likely N-dealkylation sites (N-methyl/N-ethyl adjacent to an activating group) is 1. The Hall–Kier alpha value is -2.72. The molecule has 1 spiro atoms. The smallest absolute Gasteiger partial charge is 0.381 e. The molecule has 196 valence electrons. The van der Waals surface area contributed by atoms with Gasteiger partial charge in [0.25, 0.3) is 0 Å². The number of amides is 2. The maximum Gasteiger partial charge on any atom is 0.451 e. The molecule has 1 aromatic rings. The molecule has 1 atom stereocenters. The summed E-state index contributed by atoms with van der Waals surface area (Å²) in [4.78, 5) is 23.6. The van der Waals surface area contributed by atoms with Crippen molar-refractivity contribution in [3.05, 3.63) is 54.7 Å². The largest absolute Gasteiger partial charge is 0.451 e. The fraction of sp³-hybridized carbons (Fsp3) is 0.577. The average molecular weight is 506 g/mol. The van der Waals surface area contributed by atoms with Crippen molar-refractivity contribution in [2.75, 3.05) is 38.3 Å². The summed E-state index contributed by atoms with van der Waals surface area (Å²) in [7, 11) is 2.16. The standard InChI is InChI=1S/C26H34F3N5O2/c1-4-6-7-20(5-2)25(33(3)16-19-8-13-36-17-19)11-9-24(10-12-25)18-34(23(35)32-24)21-14-30-22(31-15-21)26(27,28)29/h4-7,14-15,19H,2,8-13,16-18H2,1,3H3,(H,32,35)/b6-4-,20-7+/t19?,24-,25+. The van der Waals surface area contributed by atoms with Gasteiger partial charge in [-0.2, -0.15) is 13.2 Å². The van der Waals surface area contributed by atoms with E-state index in [1.807, 2.05) is 25.2 Å². The molecular formula is C26H34F3N5O2. The van der Waals surface area contributed by atoms with Crippen LogP contribution in [0, 0.1) is 5.92 Å². The summed E-state index contributed by atoms with van der Waals surface area (Å²) in [5.41, 5.74) is 0.708. The van der Waals surface area contributed by atoms with Crippen LogP contribution in [0.1, 0.15) is 44.9 Å². The molecule has 36 heavy (non-hydrogen) atoms. The topological polar surface area (TPSA) is 70.6 Å². The summed E-state index contributed by atoms with van der Waals surface area (Å²) in [6.45, 7) is 8.92. The summed E-state index contributed by atoms with van der Waals surface area (Å²) in [6, 6.07) is -0.337. The first kappa shape index (κ1) is 26.3. The molecule has 4 rings (SSSR count).